The predicted molar refractivity (Wildman–Crippen MR) is 101 cm³/mol. The predicted octanol–water partition coefficient (Wildman–Crippen LogP) is 3.10. The quantitative estimate of drug-likeness (QED) is 0.306. The van der Waals surface area contributed by atoms with Crippen LogP contribution in [-0.2, 0) is 0 Å². The van der Waals surface area contributed by atoms with Gasteiger partial charge in [-0.15, -0.1) is 0 Å². The standard InChI is InChI=1S/C19H31BO5/c1-3-5-7-9-11-24-18-14-17(20(22)23)19(13-16(18)15-21)25-12-10-8-6-4-2/h13-15,22-23H,3-12H2,1-2H3. The number of rotatable bonds is 14. The van der Waals surface area contributed by atoms with E-state index in [9.17, 15) is 14.8 Å². The van der Waals surface area contributed by atoms with E-state index in [0.717, 1.165) is 51.4 Å². The molecule has 2 N–H and O–H groups in total. The Morgan fingerprint density at radius 2 is 1.44 bits per heavy atom. The van der Waals surface area contributed by atoms with Crippen molar-refractivity contribution in [2.75, 3.05) is 13.2 Å². The maximum Gasteiger partial charge on any atom is 0.492 e. The maximum atomic E-state index is 11.4. The van der Waals surface area contributed by atoms with E-state index in [2.05, 4.69) is 13.8 Å². The molecule has 0 saturated heterocycles. The van der Waals surface area contributed by atoms with E-state index in [1.165, 1.54) is 12.1 Å². The van der Waals surface area contributed by atoms with Gasteiger partial charge in [0.25, 0.3) is 0 Å². The molecule has 0 spiro atoms. The van der Waals surface area contributed by atoms with Gasteiger partial charge in [-0.1, -0.05) is 52.4 Å². The lowest BCUT2D eigenvalue weighted by molar-refractivity contribution is 0.111. The number of carbonyl (C=O) groups excluding carboxylic acids is 1. The summed E-state index contributed by atoms with van der Waals surface area (Å²) in [5, 5.41) is 19.2. The molecule has 0 aromatic heterocycles. The molecule has 0 radical (unpaired) electrons. The van der Waals surface area contributed by atoms with E-state index in [1.54, 1.807) is 0 Å². The highest BCUT2D eigenvalue weighted by Crippen LogP contribution is 2.22. The van der Waals surface area contributed by atoms with Gasteiger partial charge in [-0.2, -0.15) is 0 Å². The zero-order valence-corrected chi connectivity index (χ0v) is 15.5. The molecule has 0 heterocycles. The van der Waals surface area contributed by atoms with Crippen LogP contribution in [-0.4, -0.2) is 36.7 Å². The minimum absolute atomic E-state index is 0.227. The molecule has 0 aliphatic heterocycles. The third-order valence-corrected chi connectivity index (χ3v) is 4.06. The SMILES string of the molecule is CCCCCCOc1cc(B(O)O)c(OCCCCCC)cc1C=O. The first kappa shape index (κ1) is 21.5. The molecule has 25 heavy (non-hydrogen) atoms. The second-order valence-electron chi connectivity index (χ2n) is 6.24. The topological polar surface area (TPSA) is 76.0 Å². The lowest BCUT2D eigenvalue weighted by Gasteiger charge is -2.15. The summed E-state index contributed by atoms with van der Waals surface area (Å²) < 4.78 is 11.3. The van der Waals surface area contributed by atoms with E-state index in [4.69, 9.17) is 9.47 Å². The van der Waals surface area contributed by atoms with E-state index in [1.807, 2.05) is 0 Å². The number of carbonyl (C=O) groups is 1. The van der Waals surface area contributed by atoms with Crippen molar-refractivity contribution in [3.05, 3.63) is 17.7 Å². The molecule has 5 nitrogen and oxygen atoms in total. The van der Waals surface area contributed by atoms with E-state index < -0.39 is 7.12 Å². The zero-order chi connectivity index (χ0) is 18.5. The van der Waals surface area contributed by atoms with Gasteiger partial charge in [0.2, 0.25) is 0 Å². The highest BCUT2D eigenvalue weighted by atomic mass is 16.5. The Morgan fingerprint density at radius 3 is 1.92 bits per heavy atom. The maximum absolute atomic E-state index is 11.4. The molecule has 140 valence electrons. The molecule has 0 unspecified atom stereocenters. The van der Waals surface area contributed by atoms with Crippen LogP contribution in [0.4, 0.5) is 0 Å². The van der Waals surface area contributed by atoms with Gasteiger partial charge in [-0.25, -0.2) is 0 Å². The summed E-state index contributed by atoms with van der Waals surface area (Å²) in [5.74, 6) is 0.694. The summed E-state index contributed by atoms with van der Waals surface area (Å²) in [6, 6.07) is 3.03. The van der Waals surface area contributed by atoms with Crippen LogP contribution in [0.3, 0.4) is 0 Å². The van der Waals surface area contributed by atoms with Crippen molar-refractivity contribution in [1.29, 1.82) is 0 Å². The monoisotopic (exact) mass is 350 g/mol. The number of benzene rings is 1. The summed E-state index contributed by atoms with van der Waals surface area (Å²) in [6.07, 6.45) is 9.20. The summed E-state index contributed by atoms with van der Waals surface area (Å²) in [6.45, 7) is 5.26. The van der Waals surface area contributed by atoms with Crippen molar-refractivity contribution >= 4 is 18.9 Å². The fraction of sp³-hybridized carbons (Fsp3) is 0.632. The van der Waals surface area contributed by atoms with Crippen LogP contribution in [0, 0.1) is 0 Å². The first-order valence-electron chi connectivity index (χ1n) is 9.38. The molecule has 0 bridgehead atoms. The Morgan fingerprint density at radius 1 is 0.880 bits per heavy atom. The van der Waals surface area contributed by atoms with Gasteiger partial charge in [0.15, 0.2) is 6.29 Å². The molecule has 0 saturated carbocycles. The molecule has 0 amide bonds. The van der Waals surface area contributed by atoms with Crippen molar-refractivity contribution in [3.63, 3.8) is 0 Å². The van der Waals surface area contributed by atoms with Crippen LogP contribution in [0.15, 0.2) is 12.1 Å². The highest BCUT2D eigenvalue weighted by molar-refractivity contribution is 6.59. The van der Waals surface area contributed by atoms with Crippen LogP contribution in [0.1, 0.15) is 75.6 Å². The number of unbranched alkanes of at least 4 members (excludes halogenated alkanes) is 6. The average Bonchev–Trinajstić information content (AvgIpc) is 2.61. The molecule has 1 rings (SSSR count). The molecule has 0 fully saturated rings. The molecule has 0 aliphatic rings. The summed E-state index contributed by atoms with van der Waals surface area (Å²) in [5.41, 5.74) is 0.591. The molecule has 1 aromatic carbocycles. The fourth-order valence-electron chi connectivity index (χ4n) is 2.56. The summed E-state index contributed by atoms with van der Waals surface area (Å²) in [7, 11) is -1.67. The van der Waals surface area contributed by atoms with Gasteiger partial charge >= 0.3 is 7.12 Å². The number of hydrogen-bond donors (Lipinski definition) is 2. The van der Waals surface area contributed by atoms with Crippen LogP contribution in [0.2, 0.25) is 0 Å². The number of aldehydes is 1. The minimum atomic E-state index is -1.67. The Balaban J connectivity index is 2.75. The van der Waals surface area contributed by atoms with Crippen LogP contribution in [0.5, 0.6) is 11.5 Å². The third-order valence-electron chi connectivity index (χ3n) is 4.06. The van der Waals surface area contributed by atoms with E-state index in [-0.39, 0.29) is 5.46 Å². The lowest BCUT2D eigenvalue weighted by atomic mass is 9.79. The summed E-state index contributed by atoms with van der Waals surface area (Å²) >= 11 is 0. The van der Waals surface area contributed by atoms with Gasteiger partial charge in [0.05, 0.1) is 18.8 Å². The fourth-order valence-corrected chi connectivity index (χ4v) is 2.56. The Labute approximate surface area is 151 Å². The van der Waals surface area contributed by atoms with Crippen molar-refractivity contribution in [2.45, 2.75) is 65.2 Å². The van der Waals surface area contributed by atoms with E-state index in [0.29, 0.717) is 36.6 Å². The molecular formula is C19H31BO5. The normalized spacial score (nSPS) is 10.6. The van der Waals surface area contributed by atoms with Crippen molar-refractivity contribution < 1.29 is 24.3 Å². The Hall–Kier alpha value is -1.53. The van der Waals surface area contributed by atoms with Gasteiger partial charge in [-0.3, -0.25) is 4.79 Å². The number of hydrogen-bond acceptors (Lipinski definition) is 5. The van der Waals surface area contributed by atoms with Crippen molar-refractivity contribution in [1.82, 2.24) is 0 Å². The largest absolute Gasteiger partial charge is 0.494 e. The van der Waals surface area contributed by atoms with Gasteiger partial charge in [0.1, 0.15) is 11.5 Å². The minimum Gasteiger partial charge on any atom is -0.494 e. The molecular weight excluding hydrogens is 319 g/mol. The smallest absolute Gasteiger partial charge is 0.492 e. The lowest BCUT2D eigenvalue weighted by Crippen LogP contribution is -2.32. The molecule has 1 aromatic rings. The van der Waals surface area contributed by atoms with E-state index >= 15 is 0 Å². The zero-order valence-electron chi connectivity index (χ0n) is 15.5. The second-order valence-corrected chi connectivity index (χ2v) is 6.24. The van der Waals surface area contributed by atoms with Crippen molar-refractivity contribution in [3.8, 4) is 11.5 Å². The van der Waals surface area contributed by atoms with Crippen molar-refractivity contribution in [2.24, 2.45) is 0 Å². The first-order chi connectivity index (χ1) is 12.1. The highest BCUT2D eigenvalue weighted by Gasteiger charge is 2.21. The number of ether oxygens (including phenoxy) is 2. The average molecular weight is 350 g/mol. The van der Waals surface area contributed by atoms with Crippen LogP contribution in [0.25, 0.3) is 0 Å². The Kier molecular flexibility index (Phi) is 11.0. The second kappa shape index (κ2) is 12.8. The van der Waals surface area contributed by atoms with Gasteiger partial charge < -0.3 is 19.5 Å². The van der Waals surface area contributed by atoms with Crippen LogP contribution >= 0.6 is 0 Å². The summed E-state index contributed by atoms with van der Waals surface area (Å²) in [4.78, 5) is 11.4. The third kappa shape index (κ3) is 7.93. The van der Waals surface area contributed by atoms with Crippen LogP contribution < -0.4 is 14.9 Å². The Bertz CT molecular complexity index is 505. The first-order valence-corrected chi connectivity index (χ1v) is 9.38. The molecule has 0 atom stereocenters. The van der Waals surface area contributed by atoms with Gasteiger partial charge in [0, 0.05) is 5.46 Å². The van der Waals surface area contributed by atoms with Gasteiger partial charge in [-0.05, 0) is 25.0 Å². The molecule has 6 heteroatoms. The molecule has 0 aliphatic carbocycles.